The van der Waals surface area contributed by atoms with E-state index in [1.165, 1.54) is 6.92 Å². The molecule has 8 heavy (non-hydrogen) atoms. The van der Waals surface area contributed by atoms with Crippen molar-refractivity contribution in [2.45, 2.75) is 6.92 Å². The zero-order chi connectivity index (χ0) is 6.57. The fraction of sp³-hybridized carbons (Fsp3) is 0.333. The zero-order valence-corrected chi connectivity index (χ0v) is 5.07. The highest BCUT2D eigenvalue weighted by molar-refractivity contribution is 7.18. The molecule has 0 aliphatic rings. The molecule has 0 spiro atoms. The van der Waals surface area contributed by atoms with E-state index in [0.29, 0.717) is 0 Å². The van der Waals surface area contributed by atoms with E-state index in [9.17, 15) is 9.36 Å². The lowest BCUT2D eigenvalue weighted by atomic mass is 10.5. The molecule has 0 aromatic rings. The quantitative estimate of drug-likeness (QED) is 0.447. The first-order chi connectivity index (χ1) is 3.68. The summed E-state index contributed by atoms with van der Waals surface area (Å²) in [5.41, 5.74) is -0.256. The lowest BCUT2D eigenvalue weighted by Gasteiger charge is -1.86. The van der Waals surface area contributed by atoms with Crippen LogP contribution >= 0.6 is 8.69 Å². The van der Waals surface area contributed by atoms with E-state index in [0.717, 1.165) is 0 Å². The molecular formula is C3H4NO3P. The first kappa shape index (κ1) is 7.24. The molecule has 0 fully saturated rings. The van der Waals surface area contributed by atoms with Crippen molar-refractivity contribution < 1.29 is 13.9 Å². The van der Waals surface area contributed by atoms with Crippen molar-refractivity contribution in [2.24, 2.45) is 0 Å². The van der Waals surface area contributed by atoms with Crippen LogP contribution in [0.1, 0.15) is 6.92 Å². The van der Waals surface area contributed by atoms with Gasteiger partial charge in [-0.1, -0.05) is 0 Å². The third kappa shape index (κ3) is 2.42. The number of hydrogen-bond donors (Lipinski definition) is 1. The summed E-state index contributed by atoms with van der Waals surface area (Å²) in [6.45, 7) is 1.26. The molecule has 0 unspecified atom stereocenters. The molecule has 4 nitrogen and oxygen atoms in total. The minimum absolute atomic E-state index is 0.256. The summed E-state index contributed by atoms with van der Waals surface area (Å²) in [5, 5.41) is 6.59. The van der Waals surface area contributed by atoms with Gasteiger partial charge >= 0.3 is 14.7 Å². The van der Waals surface area contributed by atoms with Gasteiger partial charge in [0.15, 0.2) is 0 Å². The van der Waals surface area contributed by atoms with Crippen LogP contribution in [0.3, 0.4) is 0 Å². The lowest BCUT2D eigenvalue weighted by molar-refractivity contribution is -0.126. The summed E-state index contributed by atoms with van der Waals surface area (Å²) in [7, 11) is -0.706. The molecule has 0 aliphatic carbocycles. The van der Waals surface area contributed by atoms with Crippen molar-refractivity contribution in [1.29, 1.82) is 5.41 Å². The van der Waals surface area contributed by atoms with Gasteiger partial charge in [0.1, 0.15) is 5.71 Å². The summed E-state index contributed by atoms with van der Waals surface area (Å²) in [6.07, 6.45) is 0. The van der Waals surface area contributed by atoms with Crippen LogP contribution in [0.4, 0.5) is 0 Å². The average molecular weight is 133 g/mol. The predicted octanol–water partition coefficient (Wildman–Crippen LogP) is 0.776. The van der Waals surface area contributed by atoms with Crippen molar-refractivity contribution in [3.63, 3.8) is 0 Å². The minimum atomic E-state index is -0.860. The van der Waals surface area contributed by atoms with Crippen LogP contribution in [0.15, 0.2) is 0 Å². The lowest BCUT2D eigenvalue weighted by Crippen LogP contribution is -2.06. The molecule has 0 amide bonds. The number of hydrogen-bond acceptors (Lipinski definition) is 4. The molecule has 0 heterocycles. The fourth-order valence-electron chi connectivity index (χ4n) is 0.102. The van der Waals surface area contributed by atoms with Gasteiger partial charge in [-0.25, -0.2) is 9.36 Å². The maximum Gasteiger partial charge on any atom is 0.398 e. The fourth-order valence-corrected chi connectivity index (χ4v) is 0.307. The smallest absolute Gasteiger partial charge is 0.368 e. The second-order valence-corrected chi connectivity index (χ2v) is 1.41. The Kier molecular flexibility index (Phi) is 2.96. The van der Waals surface area contributed by atoms with Gasteiger partial charge in [0, 0.05) is 0 Å². The van der Waals surface area contributed by atoms with Crippen molar-refractivity contribution in [2.75, 3.05) is 0 Å². The molecule has 0 aromatic heterocycles. The average Bonchev–Trinajstić information content (AvgIpc) is 1.67. The topological polar surface area (TPSA) is 67.2 Å². The van der Waals surface area contributed by atoms with Crippen LogP contribution in [0.5, 0.6) is 0 Å². The monoisotopic (exact) mass is 133 g/mol. The molecule has 0 saturated heterocycles. The Morgan fingerprint density at radius 1 is 1.75 bits per heavy atom. The summed E-state index contributed by atoms with van der Waals surface area (Å²) in [5.74, 6) is -0.860. The summed E-state index contributed by atoms with van der Waals surface area (Å²) < 4.78 is 13.3. The molecule has 0 aromatic carbocycles. The molecular weight excluding hydrogens is 129 g/mol. The van der Waals surface area contributed by atoms with Gasteiger partial charge in [-0.15, -0.1) is 0 Å². The van der Waals surface area contributed by atoms with Crippen molar-refractivity contribution >= 4 is 20.4 Å². The largest absolute Gasteiger partial charge is 0.398 e. The van der Waals surface area contributed by atoms with Gasteiger partial charge in [0.2, 0.25) is 0 Å². The van der Waals surface area contributed by atoms with E-state index in [4.69, 9.17) is 5.41 Å². The highest BCUT2D eigenvalue weighted by Crippen LogP contribution is 1.94. The molecule has 44 valence electrons. The Morgan fingerprint density at radius 3 is 2.38 bits per heavy atom. The highest BCUT2D eigenvalue weighted by atomic mass is 31.1. The summed E-state index contributed by atoms with van der Waals surface area (Å²) >= 11 is 0. The van der Waals surface area contributed by atoms with E-state index in [2.05, 4.69) is 4.52 Å². The van der Waals surface area contributed by atoms with E-state index in [-0.39, 0.29) is 5.71 Å². The first-order valence-electron chi connectivity index (χ1n) is 1.77. The second-order valence-electron chi connectivity index (χ2n) is 1.08. The van der Waals surface area contributed by atoms with Crippen LogP contribution in [-0.2, 0) is 13.9 Å². The first-order valence-corrected chi connectivity index (χ1v) is 2.50. The van der Waals surface area contributed by atoms with Gasteiger partial charge in [-0.2, -0.15) is 0 Å². The Hall–Kier alpha value is -0.760. The Morgan fingerprint density at radius 2 is 2.25 bits per heavy atom. The van der Waals surface area contributed by atoms with E-state index < -0.39 is 14.7 Å². The van der Waals surface area contributed by atoms with Gasteiger partial charge in [0.25, 0.3) is 0 Å². The predicted molar refractivity (Wildman–Crippen MR) is 27.1 cm³/mol. The Balaban J connectivity index is 3.65. The minimum Gasteiger partial charge on any atom is -0.368 e. The molecule has 0 saturated carbocycles. The van der Waals surface area contributed by atoms with E-state index >= 15 is 0 Å². The van der Waals surface area contributed by atoms with Gasteiger partial charge < -0.3 is 4.52 Å². The molecule has 0 atom stereocenters. The highest BCUT2D eigenvalue weighted by Gasteiger charge is 2.02. The second kappa shape index (κ2) is 3.27. The van der Waals surface area contributed by atoms with Crippen LogP contribution in [0.2, 0.25) is 0 Å². The standard InChI is InChI=1S/C3H4NO3P/c1-2(4)3(5)7-8-6/h4H,1H3. The molecule has 5 heteroatoms. The third-order valence-corrected chi connectivity index (χ3v) is 0.667. The normalized spacial score (nSPS) is 8.62. The van der Waals surface area contributed by atoms with Crippen LogP contribution in [0.25, 0.3) is 0 Å². The zero-order valence-electron chi connectivity index (χ0n) is 4.17. The van der Waals surface area contributed by atoms with Gasteiger partial charge in [0.05, 0.1) is 0 Å². The number of carbonyl (C=O) groups excluding carboxylic acids is 1. The third-order valence-electron chi connectivity index (χ3n) is 0.426. The summed E-state index contributed by atoms with van der Waals surface area (Å²) in [6, 6.07) is 0. The van der Waals surface area contributed by atoms with Crippen molar-refractivity contribution in [3.05, 3.63) is 0 Å². The Labute approximate surface area is 47.6 Å². The molecule has 0 radical (unpaired) electrons. The van der Waals surface area contributed by atoms with Crippen LogP contribution in [-0.4, -0.2) is 11.7 Å². The molecule has 0 rings (SSSR count). The van der Waals surface area contributed by atoms with Gasteiger partial charge in [-0.05, 0) is 6.92 Å². The van der Waals surface area contributed by atoms with Crippen molar-refractivity contribution in [1.82, 2.24) is 0 Å². The van der Waals surface area contributed by atoms with E-state index in [1.807, 2.05) is 0 Å². The molecule has 0 aliphatic heterocycles. The summed E-state index contributed by atoms with van der Waals surface area (Å²) in [4.78, 5) is 10.1. The number of rotatable bonds is 2. The molecule has 0 bridgehead atoms. The number of carbonyl (C=O) groups is 1. The van der Waals surface area contributed by atoms with Crippen molar-refractivity contribution in [3.8, 4) is 0 Å². The van der Waals surface area contributed by atoms with Crippen LogP contribution < -0.4 is 0 Å². The maximum atomic E-state index is 10.1. The maximum absolute atomic E-state index is 10.1. The van der Waals surface area contributed by atoms with Crippen LogP contribution in [0, 0.1) is 5.41 Å². The van der Waals surface area contributed by atoms with Gasteiger partial charge in [-0.3, -0.25) is 5.41 Å². The number of nitrogens with one attached hydrogen (secondary N) is 1. The molecule has 1 N–H and O–H groups in total. The Bertz CT molecular complexity index is 132. The van der Waals surface area contributed by atoms with E-state index in [1.54, 1.807) is 0 Å². The SMILES string of the molecule is CC(=N)C(=O)OP=O.